The van der Waals surface area contributed by atoms with Crippen molar-refractivity contribution in [2.24, 2.45) is 0 Å². The van der Waals surface area contributed by atoms with Crippen LogP contribution in [0, 0.1) is 6.92 Å². The fourth-order valence-corrected chi connectivity index (χ4v) is 5.93. The second-order valence-corrected chi connectivity index (χ2v) is 9.63. The van der Waals surface area contributed by atoms with Gasteiger partial charge in [0.05, 0.1) is 21.3 Å². The Hall–Kier alpha value is -2.39. The molecule has 0 saturated heterocycles. The quantitative estimate of drug-likeness (QED) is 0.626. The van der Waals surface area contributed by atoms with Gasteiger partial charge in [-0.25, -0.2) is 8.42 Å². The summed E-state index contributed by atoms with van der Waals surface area (Å²) in [5.41, 5.74) is 1.83. The molecule has 0 atom stereocenters. The first kappa shape index (κ1) is 19.9. The van der Waals surface area contributed by atoms with Crippen molar-refractivity contribution in [2.45, 2.75) is 23.3 Å². The Balaban J connectivity index is 1.59. The third kappa shape index (κ3) is 3.89. The van der Waals surface area contributed by atoms with Crippen LogP contribution in [0.5, 0.6) is 5.75 Å². The van der Waals surface area contributed by atoms with E-state index in [1.807, 2.05) is 0 Å². The molecule has 4 rings (SSSR count). The number of anilines is 1. The molecule has 1 N–H and O–H groups in total. The summed E-state index contributed by atoms with van der Waals surface area (Å²) < 4.78 is 36.5. The molecule has 6 nitrogen and oxygen atoms in total. The van der Waals surface area contributed by atoms with E-state index in [-0.39, 0.29) is 22.5 Å². The molecular weight excluding hydrogens is 434 g/mol. The first-order valence-corrected chi connectivity index (χ1v) is 11.3. The number of thiophene rings is 1. The van der Waals surface area contributed by atoms with Crippen molar-refractivity contribution < 1.29 is 22.7 Å². The van der Waals surface area contributed by atoms with Crippen LogP contribution >= 0.6 is 22.9 Å². The minimum atomic E-state index is -3.75. The number of benzene rings is 2. The molecule has 0 fully saturated rings. The number of nitrogens with one attached hydrogen (secondary N) is 1. The normalized spacial score (nSPS) is 13.4. The predicted molar refractivity (Wildman–Crippen MR) is 111 cm³/mol. The van der Waals surface area contributed by atoms with Gasteiger partial charge in [0.1, 0.15) is 5.75 Å². The van der Waals surface area contributed by atoms with E-state index in [4.69, 9.17) is 21.1 Å². The molecule has 150 valence electrons. The SMILES string of the molecule is Cc1c(S(=O)(=O)c2ccc(Cl)cc2)csc1C(=O)Nc1ccc2c(c1)COCO2. The van der Waals surface area contributed by atoms with Crippen LogP contribution in [0.4, 0.5) is 5.69 Å². The minimum absolute atomic E-state index is 0.113. The minimum Gasteiger partial charge on any atom is -0.467 e. The highest BCUT2D eigenvalue weighted by Gasteiger charge is 2.25. The number of carbonyl (C=O) groups is 1. The van der Waals surface area contributed by atoms with Crippen LogP contribution in [-0.2, 0) is 21.2 Å². The zero-order chi connectivity index (χ0) is 20.6. The molecule has 2 aromatic carbocycles. The molecule has 2 heterocycles. The van der Waals surface area contributed by atoms with Crippen LogP contribution in [-0.4, -0.2) is 21.1 Å². The van der Waals surface area contributed by atoms with Gasteiger partial charge in [-0.2, -0.15) is 0 Å². The average molecular weight is 450 g/mol. The number of carbonyl (C=O) groups excluding carboxylic acids is 1. The van der Waals surface area contributed by atoms with Crippen LogP contribution in [0.1, 0.15) is 20.8 Å². The third-order valence-electron chi connectivity index (χ3n) is 4.49. The standard InChI is InChI=1S/C20H16ClNO5S2/c1-12-18(29(24,25)16-5-2-14(21)3-6-16)10-28-19(12)20(23)22-15-4-7-17-13(8-15)9-26-11-27-17/h2-8,10H,9,11H2,1H3,(H,22,23). The summed E-state index contributed by atoms with van der Waals surface area (Å²) in [6, 6.07) is 11.2. The summed E-state index contributed by atoms with van der Waals surface area (Å²) in [7, 11) is -3.75. The van der Waals surface area contributed by atoms with E-state index in [1.165, 1.54) is 29.6 Å². The first-order valence-electron chi connectivity index (χ1n) is 8.60. The maximum atomic E-state index is 12.9. The lowest BCUT2D eigenvalue weighted by Crippen LogP contribution is -2.14. The number of hydrogen-bond acceptors (Lipinski definition) is 6. The van der Waals surface area contributed by atoms with Crippen LogP contribution in [0.3, 0.4) is 0 Å². The second-order valence-electron chi connectivity index (χ2n) is 6.40. The number of ether oxygens (including phenoxy) is 2. The highest BCUT2D eigenvalue weighted by Crippen LogP contribution is 2.32. The molecule has 9 heteroatoms. The van der Waals surface area contributed by atoms with Gasteiger partial charge in [0, 0.05) is 21.7 Å². The van der Waals surface area contributed by atoms with Crippen molar-refractivity contribution in [3.05, 3.63) is 68.9 Å². The Labute approximate surface area is 177 Å². The first-order chi connectivity index (χ1) is 13.9. The summed E-state index contributed by atoms with van der Waals surface area (Å²) in [4.78, 5) is 13.3. The van der Waals surface area contributed by atoms with Gasteiger partial charge in [-0.1, -0.05) is 11.6 Å². The van der Waals surface area contributed by atoms with E-state index in [9.17, 15) is 13.2 Å². The molecule has 1 aliphatic heterocycles. The van der Waals surface area contributed by atoms with E-state index >= 15 is 0 Å². The number of sulfone groups is 1. The molecule has 0 radical (unpaired) electrons. The Morgan fingerprint density at radius 3 is 2.69 bits per heavy atom. The molecule has 0 unspecified atom stereocenters. The lowest BCUT2D eigenvalue weighted by Gasteiger charge is -2.18. The van der Waals surface area contributed by atoms with Gasteiger partial charge in [0.25, 0.3) is 5.91 Å². The van der Waals surface area contributed by atoms with Gasteiger partial charge in [-0.15, -0.1) is 11.3 Å². The van der Waals surface area contributed by atoms with Gasteiger partial charge < -0.3 is 14.8 Å². The van der Waals surface area contributed by atoms with Gasteiger partial charge in [-0.3, -0.25) is 4.79 Å². The van der Waals surface area contributed by atoms with Crippen molar-refractivity contribution in [3.8, 4) is 5.75 Å². The molecule has 29 heavy (non-hydrogen) atoms. The molecular formula is C20H16ClNO5S2. The monoisotopic (exact) mass is 449 g/mol. The van der Waals surface area contributed by atoms with Gasteiger partial charge in [-0.05, 0) is 55.0 Å². The number of amides is 1. The lowest BCUT2D eigenvalue weighted by molar-refractivity contribution is -0.0163. The fraction of sp³-hybridized carbons (Fsp3) is 0.150. The Morgan fingerprint density at radius 2 is 1.93 bits per heavy atom. The zero-order valence-electron chi connectivity index (χ0n) is 15.3. The molecule has 0 bridgehead atoms. The summed E-state index contributed by atoms with van der Waals surface area (Å²) in [5.74, 6) is 0.348. The van der Waals surface area contributed by atoms with Crippen LogP contribution in [0.15, 0.2) is 57.6 Å². The highest BCUT2D eigenvalue weighted by atomic mass is 35.5. The van der Waals surface area contributed by atoms with E-state index < -0.39 is 9.84 Å². The smallest absolute Gasteiger partial charge is 0.266 e. The third-order valence-corrected chi connectivity index (χ3v) is 7.87. The van der Waals surface area contributed by atoms with Crippen molar-refractivity contribution >= 4 is 44.4 Å². The number of rotatable bonds is 4. The maximum Gasteiger partial charge on any atom is 0.266 e. The molecule has 0 spiro atoms. The van der Waals surface area contributed by atoms with Gasteiger partial charge >= 0.3 is 0 Å². The van der Waals surface area contributed by atoms with Crippen molar-refractivity contribution in [2.75, 3.05) is 12.1 Å². The van der Waals surface area contributed by atoms with Crippen LogP contribution < -0.4 is 10.1 Å². The number of halogens is 1. The van der Waals surface area contributed by atoms with Gasteiger partial charge in [0.15, 0.2) is 6.79 Å². The predicted octanol–water partition coefficient (Wildman–Crippen LogP) is 4.66. The fourth-order valence-electron chi connectivity index (χ4n) is 2.99. The van der Waals surface area contributed by atoms with E-state index in [1.54, 1.807) is 25.1 Å². The van der Waals surface area contributed by atoms with E-state index in [0.29, 0.717) is 27.8 Å². The topological polar surface area (TPSA) is 81.7 Å². The molecule has 0 aliphatic carbocycles. The average Bonchev–Trinajstić information content (AvgIpc) is 3.10. The van der Waals surface area contributed by atoms with Crippen molar-refractivity contribution in [1.29, 1.82) is 0 Å². The molecule has 3 aromatic rings. The van der Waals surface area contributed by atoms with Crippen LogP contribution in [0.2, 0.25) is 5.02 Å². The van der Waals surface area contributed by atoms with Crippen molar-refractivity contribution in [1.82, 2.24) is 0 Å². The Bertz CT molecular complexity index is 1190. The summed E-state index contributed by atoms with van der Waals surface area (Å²) >= 11 is 6.93. The molecule has 1 aromatic heterocycles. The second kappa shape index (κ2) is 7.79. The number of fused-ring (bicyclic) bond motifs is 1. The summed E-state index contributed by atoms with van der Waals surface area (Å²) in [6.07, 6.45) is 0. The number of hydrogen-bond donors (Lipinski definition) is 1. The Morgan fingerprint density at radius 1 is 1.17 bits per heavy atom. The summed E-state index contributed by atoms with van der Waals surface area (Å²) in [5, 5.41) is 4.75. The van der Waals surface area contributed by atoms with Crippen LogP contribution in [0.25, 0.3) is 0 Å². The molecule has 1 amide bonds. The highest BCUT2D eigenvalue weighted by molar-refractivity contribution is 7.91. The summed E-state index contributed by atoms with van der Waals surface area (Å²) in [6.45, 7) is 2.24. The van der Waals surface area contributed by atoms with Crippen molar-refractivity contribution in [3.63, 3.8) is 0 Å². The Kier molecular flexibility index (Phi) is 5.35. The van der Waals surface area contributed by atoms with Gasteiger partial charge in [0.2, 0.25) is 9.84 Å². The largest absolute Gasteiger partial charge is 0.467 e. The lowest BCUT2D eigenvalue weighted by atomic mass is 10.1. The van der Waals surface area contributed by atoms with E-state index in [2.05, 4.69) is 5.32 Å². The maximum absolute atomic E-state index is 12.9. The molecule has 1 aliphatic rings. The molecule has 0 saturated carbocycles. The zero-order valence-corrected chi connectivity index (χ0v) is 17.7. The van der Waals surface area contributed by atoms with E-state index in [0.717, 1.165) is 22.6 Å².